The van der Waals surface area contributed by atoms with E-state index in [-0.39, 0.29) is 18.4 Å². The minimum Gasteiger partial charge on any atom is -0.495 e. The number of methoxy groups -OCH3 is 1. The molecule has 1 atom stereocenters. The molecule has 0 aromatic heterocycles. The molecule has 0 radical (unpaired) electrons. The summed E-state index contributed by atoms with van der Waals surface area (Å²) in [5.74, 6) is -0.0396. The van der Waals surface area contributed by atoms with Gasteiger partial charge in [0.2, 0.25) is 0 Å². The zero-order valence-electron chi connectivity index (χ0n) is 13.2. The fourth-order valence-electron chi connectivity index (χ4n) is 1.97. The second-order valence-electron chi connectivity index (χ2n) is 5.44. The molecule has 0 aliphatic heterocycles. The highest BCUT2D eigenvalue weighted by atomic mass is 35.5. The van der Waals surface area contributed by atoms with Crippen LogP contribution in [0.25, 0.3) is 0 Å². The molecule has 0 saturated heterocycles. The van der Waals surface area contributed by atoms with Gasteiger partial charge >= 0.3 is 5.97 Å². The molecule has 1 fully saturated rings. The zero-order chi connectivity index (χ0) is 16.8. The van der Waals surface area contributed by atoms with Gasteiger partial charge in [-0.1, -0.05) is 11.6 Å². The zero-order valence-corrected chi connectivity index (χ0v) is 14.0. The maximum atomic E-state index is 11.8. The van der Waals surface area contributed by atoms with Crippen LogP contribution in [0, 0.1) is 0 Å². The lowest BCUT2D eigenvalue weighted by Gasteiger charge is -2.14. The lowest BCUT2D eigenvalue weighted by atomic mass is 10.3. The second-order valence-corrected chi connectivity index (χ2v) is 5.87. The highest BCUT2D eigenvalue weighted by Crippen LogP contribution is 2.27. The topological polar surface area (TPSA) is 76.7 Å². The van der Waals surface area contributed by atoms with Crippen LogP contribution in [-0.4, -0.2) is 37.7 Å². The van der Waals surface area contributed by atoms with Crippen molar-refractivity contribution in [2.45, 2.75) is 38.3 Å². The minimum absolute atomic E-state index is 0.136. The third kappa shape index (κ3) is 5.63. The molecule has 1 aromatic carbocycles. The molecule has 1 saturated carbocycles. The Kier molecular flexibility index (Phi) is 6.10. The third-order valence-electron chi connectivity index (χ3n) is 3.41. The molecule has 1 amide bonds. The van der Waals surface area contributed by atoms with Crippen molar-refractivity contribution >= 4 is 29.2 Å². The van der Waals surface area contributed by atoms with Crippen LogP contribution in [0.5, 0.6) is 5.75 Å². The molecule has 0 spiro atoms. The maximum Gasteiger partial charge on any atom is 0.308 e. The first kappa shape index (κ1) is 17.4. The molecule has 1 aliphatic carbocycles. The van der Waals surface area contributed by atoms with Crippen molar-refractivity contribution < 1.29 is 19.1 Å². The van der Waals surface area contributed by atoms with Crippen molar-refractivity contribution in [1.82, 2.24) is 5.32 Å². The Balaban J connectivity index is 1.73. The number of ether oxygens (including phenoxy) is 2. The fourth-order valence-corrected chi connectivity index (χ4v) is 2.15. The van der Waals surface area contributed by atoms with Gasteiger partial charge in [0.15, 0.2) is 6.10 Å². The number of anilines is 1. The summed E-state index contributed by atoms with van der Waals surface area (Å²) in [5, 5.41) is 6.44. The first-order valence-corrected chi connectivity index (χ1v) is 7.94. The van der Waals surface area contributed by atoms with Crippen molar-refractivity contribution in [3.8, 4) is 5.75 Å². The molecule has 7 heteroatoms. The van der Waals surface area contributed by atoms with Gasteiger partial charge in [-0.3, -0.25) is 9.59 Å². The van der Waals surface area contributed by atoms with Crippen molar-refractivity contribution in [2.24, 2.45) is 0 Å². The van der Waals surface area contributed by atoms with E-state index in [1.54, 1.807) is 32.2 Å². The van der Waals surface area contributed by atoms with E-state index in [9.17, 15) is 9.59 Å². The van der Waals surface area contributed by atoms with E-state index >= 15 is 0 Å². The summed E-state index contributed by atoms with van der Waals surface area (Å²) < 4.78 is 10.3. The number of nitrogens with one attached hydrogen (secondary N) is 2. The van der Waals surface area contributed by atoms with Crippen LogP contribution in [-0.2, 0) is 14.3 Å². The van der Waals surface area contributed by atoms with Gasteiger partial charge in [-0.15, -0.1) is 0 Å². The molecule has 126 valence electrons. The Bertz CT molecular complexity index is 575. The van der Waals surface area contributed by atoms with Crippen molar-refractivity contribution in [3.63, 3.8) is 0 Å². The van der Waals surface area contributed by atoms with Gasteiger partial charge in [-0.25, -0.2) is 0 Å². The molecular weight excluding hydrogens is 320 g/mol. The summed E-state index contributed by atoms with van der Waals surface area (Å²) in [6.45, 7) is 1.93. The van der Waals surface area contributed by atoms with Gasteiger partial charge in [0.05, 0.1) is 19.2 Å². The molecule has 0 heterocycles. The highest BCUT2D eigenvalue weighted by Gasteiger charge is 2.27. The van der Waals surface area contributed by atoms with E-state index in [0.717, 1.165) is 12.8 Å². The van der Waals surface area contributed by atoms with Gasteiger partial charge in [-0.05, 0) is 38.0 Å². The van der Waals surface area contributed by atoms with Gasteiger partial charge in [-0.2, -0.15) is 0 Å². The third-order valence-corrected chi connectivity index (χ3v) is 3.64. The number of carbonyl (C=O) groups is 2. The largest absolute Gasteiger partial charge is 0.495 e. The number of benzene rings is 1. The first-order valence-electron chi connectivity index (χ1n) is 7.57. The number of amides is 1. The van der Waals surface area contributed by atoms with E-state index in [4.69, 9.17) is 21.1 Å². The van der Waals surface area contributed by atoms with Crippen molar-refractivity contribution in [2.75, 3.05) is 19.0 Å². The Morgan fingerprint density at radius 1 is 1.39 bits per heavy atom. The predicted molar refractivity (Wildman–Crippen MR) is 87.8 cm³/mol. The Morgan fingerprint density at radius 2 is 2.13 bits per heavy atom. The Morgan fingerprint density at radius 3 is 2.78 bits per heavy atom. The summed E-state index contributed by atoms with van der Waals surface area (Å²) in [6.07, 6.45) is 1.36. The average molecular weight is 341 g/mol. The van der Waals surface area contributed by atoms with Crippen LogP contribution in [0.15, 0.2) is 18.2 Å². The SMILES string of the molecule is COc1ccc(Cl)cc1NCCC(=O)O[C@@H](C)C(=O)NC1CC1. The number of halogens is 1. The van der Waals surface area contributed by atoms with Gasteiger partial charge in [0.25, 0.3) is 5.91 Å². The van der Waals surface area contributed by atoms with Crippen LogP contribution in [0.4, 0.5) is 5.69 Å². The summed E-state index contributed by atoms with van der Waals surface area (Å²) in [4.78, 5) is 23.5. The van der Waals surface area contributed by atoms with Gasteiger partial charge in [0.1, 0.15) is 5.75 Å². The number of esters is 1. The summed E-state index contributed by atoms with van der Waals surface area (Å²) >= 11 is 5.93. The lowest BCUT2D eigenvalue weighted by Crippen LogP contribution is -2.37. The number of carbonyl (C=O) groups excluding carboxylic acids is 2. The highest BCUT2D eigenvalue weighted by molar-refractivity contribution is 6.30. The van der Waals surface area contributed by atoms with E-state index in [1.165, 1.54) is 0 Å². The Hall–Kier alpha value is -1.95. The molecule has 23 heavy (non-hydrogen) atoms. The number of rotatable bonds is 8. The van der Waals surface area contributed by atoms with Crippen LogP contribution in [0.3, 0.4) is 0 Å². The number of hydrogen-bond acceptors (Lipinski definition) is 5. The van der Waals surface area contributed by atoms with E-state index in [1.807, 2.05) is 0 Å². The lowest BCUT2D eigenvalue weighted by molar-refractivity contribution is -0.154. The van der Waals surface area contributed by atoms with Crippen molar-refractivity contribution in [1.29, 1.82) is 0 Å². The summed E-state index contributed by atoms with van der Waals surface area (Å²) in [6, 6.07) is 5.44. The van der Waals surface area contributed by atoms with Gasteiger partial charge < -0.3 is 20.1 Å². The molecule has 1 aromatic rings. The average Bonchev–Trinajstić information content (AvgIpc) is 3.31. The van der Waals surface area contributed by atoms with E-state index < -0.39 is 12.1 Å². The molecule has 2 rings (SSSR count). The van der Waals surface area contributed by atoms with Crippen LogP contribution in [0.1, 0.15) is 26.2 Å². The van der Waals surface area contributed by atoms with Crippen LogP contribution < -0.4 is 15.4 Å². The van der Waals surface area contributed by atoms with Crippen LogP contribution in [0.2, 0.25) is 5.02 Å². The first-order chi connectivity index (χ1) is 11.0. The molecule has 2 N–H and O–H groups in total. The smallest absolute Gasteiger partial charge is 0.308 e. The Labute approximate surface area is 140 Å². The predicted octanol–water partition coefficient (Wildman–Crippen LogP) is 2.36. The van der Waals surface area contributed by atoms with Crippen molar-refractivity contribution in [3.05, 3.63) is 23.2 Å². The van der Waals surface area contributed by atoms with E-state index in [2.05, 4.69) is 10.6 Å². The monoisotopic (exact) mass is 340 g/mol. The molecule has 6 nitrogen and oxygen atoms in total. The summed E-state index contributed by atoms with van der Waals surface area (Å²) in [5.41, 5.74) is 0.701. The molecule has 0 unspecified atom stereocenters. The normalized spacial score (nSPS) is 14.7. The molecular formula is C16H21ClN2O4. The van der Waals surface area contributed by atoms with E-state index in [0.29, 0.717) is 23.0 Å². The molecule has 1 aliphatic rings. The fraction of sp³-hybridized carbons (Fsp3) is 0.500. The second kappa shape index (κ2) is 8.06. The molecule has 0 bridgehead atoms. The van der Waals surface area contributed by atoms with Crippen LogP contribution >= 0.6 is 11.6 Å². The van der Waals surface area contributed by atoms with Gasteiger partial charge in [0, 0.05) is 17.6 Å². The maximum absolute atomic E-state index is 11.8. The quantitative estimate of drug-likeness (QED) is 0.710. The standard InChI is InChI=1S/C16H21ClN2O4/c1-10(16(21)19-12-4-5-12)23-15(20)7-8-18-13-9-11(17)3-6-14(13)22-2/h3,6,9-10,12,18H,4-5,7-8H2,1-2H3,(H,19,21)/t10-/m0/s1. The summed E-state index contributed by atoms with van der Waals surface area (Å²) in [7, 11) is 1.56. The minimum atomic E-state index is -0.774. The number of hydrogen-bond donors (Lipinski definition) is 2.